The van der Waals surface area contributed by atoms with Gasteiger partial charge in [0.1, 0.15) is 5.69 Å². The first-order valence-electron chi connectivity index (χ1n) is 8.12. The van der Waals surface area contributed by atoms with Crippen LogP contribution in [0, 0.1) is 0 Å². The van der Waals surface area contributed by atoms with Gasteiger partial charge in [0.25, 0.3) is 5.91 Å². The van der Waals surface area contributed by atoms with Gasteiger partial charge in [0.2, 0.25) is 0 Å². The van der Waals surface area contributed by atoms with Gasteiger partial charge in [-0.15, -0.1) is 0 Å². The minimum Gasteiger partial charge on any atom is -0.351 e. The SMILES string of the molecule is Cn1c(C(=O)NC2CCN(C(N)=O)CC2)ccc1-c1ccccc1. The minimum atomic E-state index is -0.394. The van der Waals surface area contributed by atoms with Crippen LogP contribution >= 0.6 is 0 Å². The molecule has 3 rings (SSSR count). The Kier molecular flexibility index (Phi) is 4.55. The van der Waals surface area contributed by atoms with Crippen molar-refractivity contribution in [3.05, 3.63) is 48.2 Å². The minimum absolute atomic E-state index is 0.0724. The highest BCUT2D eigenvalue weighted by Gasteiger charge is 2.23. The van der Waals surface area contributed by atoms with Gasteiger partial charge < -0.3 is 20.5 Å². The number of nitrogens with zero attached hydrogens (tertiary/aromatic N) is 2. The molecule has 3 amide bonds. The Morgan fingerprint density at radius 2 is 1.75 bits per heavy atom. The summed E-state index contributed by atoms with van der Waals surface area (Å²) in [7, 11) is 1.90. The standard InChI is InChI=1S/C18H22N4O2/c1-21-15(13-5-3-2-4-6-13)7-8-16(21)17(23)20-14-9-11-22(12-10-14)18(19)24/h2-8,14H,9-12H2,1H3,(H2,19,24)(H,20,23). The lowest BCUT2D eigenvalue weighted by Crippen LogP contribution is -2.48. The molecule has 3 N–H and O–H groups in total. The number of urea groups is 1. The molecule has 0 atom stereocenters. The van der Waals surface area contributed by atoms with Gasteiger partial charge in [0.15, 0.2) is 0 Å². The highest BCUT2D eigenvalue weighted by molar-refractivity contribution is 5.94. The summed E-state index contributed by atoms with van der Waals surface area (Å²) in [6.45, 7) is 1.17. The van der Waals surface area contributed by atoms with E-state index in [0.29, 0.717) is 18.8 Å². The van der Waals surface area contributed by atoms with Crippen molar-refractivity contribution in [1.29, 1.82) is 0 Å². The average molecular weight is 326 g/mol. The first-order valence-corrected chi connectivity index (χ1v) is 8.12. The molecule has 6 nitrogen and oxygen atoms in total. The number of piperidine rings is 1. The zero-order valence-corrected chi connectivity index (χ0v) is 13.7. The Morgan fingerprint density at radius 1 is 1.08 bits per heavy atom. The highest BCUT2D eigenvalue weighted by atomic mass is 16.2. The molecule has 1 aliphatic heterocycles. The van der Waals surface area contributed by atoms with Gasteiger partial charge in [-0.05, 0) is 30.5 Å². The summed E-state index contributed by atoms with van der Waals surface area (Å²) < 4.78 is 1.91. The predicted octanol–water partition coefficient (Wildman–Crippen LogP) is 1.97. The van der Waals surface area contributed by atoms with E-state index < -0.39 is 6.03 Å². The van der Waals surface area contributed by atoms with E-state index in [1.807, 2.05) is 54.1 Å². The molecule has 6 heteroatoms. The molecule has 1 aliphatic rings. The fraction of sp³-hybridized carbons (Fsp3) is 0.333. The summed E-state index contributed by atoms with van der Waals surface area (Å²) in [5.74, 6) is -0.0859. The van der Waals surface area contributed by atoms with Crippen LogP contribution in [0.4, 0.5) is 4.79 Å². The summed E-state index contributed by atoms with van der Waals surface area (Å²) in [4.78, 5) is 25.3. The molecule has 0 unspecified atom stereocenters. The van der Waals surface area contributed by atoms with Crippen LogP contribution in [0.15, 0.2) is 42.5 Å². The van der Waals surface area contributed by atoms with Crippen molar-refractivity contribution < 1.29 is 9.59 Å². The topological polar surface area (TPSA) is 80.4 Å². The van der Waals surface area contributed by atoms with Gasteiger partial charge >= 0.3 is 6.03 Å². The normalized spacial score (nSPS) is 15.3. The molecular weight excluding hydrogens is 304 g/mol. The van der Waals surface area contributed by atoms with Gasteiger partial charge in [0.05, 0.1) is 0 Å². The van der Waals surface area contributed by atoms with E-state index in [1.165, 1.54) is 0 Å². The fourth-order valence-corrected chi connectivity index (χ4v) is 3.14. The second-order valence-corrected chi connectivity index (χ2v) is 6.10. The number of likely N-dealkylation sites (tertiary alicyclic amines) is 1. The first-order chi connectivity index (χ1) is 11.6. The lowest BCUT2D eigenvalue weighted by molar-refractivity contribution is 0.0911. The number of aromatic nitrogens is 1. The maximum absolute atomic E-state index is 12.6. The van der Waals surface area contributed by atoms with E-state index >= 15 is 0 Å². The fourth-order valence-electron chi connectivity index (χ4n) is 3.14. The maximum Gasteiger partial charge on any atom is 0.314 e. The third-order valence-electron chi connectivity index (χ3n) is 4.57. The Hall–Kier alpha value is -2.76. The molecule has 1 fully saturated rings. The van der Waals surface area contributed by atoms with Gasteiger partial charge in [-0.25, -0.2) is 4.79 Å². The summed E-state index contributed by atoms with van der Waals surface area (Å²) in [5, 5.41) is 3.06. The summed E-state index contributed by atoms with van der Waals surface area (Å²) in [5.41, 5.74) is 7.99. The van der Waals surface area contributed by atoms with Crippen molar-refractivity contribution in [3.8, 4) is 11.3 Å². The van der Waals surface area contributed by atoms with E-state index in [9.17, 15) is 9.59 Å². The number of benzene rings is 1. The number of rotatable bonds is 3. The van der Waals surface area contributed by atoms with Gasteiger partial charge in [0, 0.05) is 31.9 Å². The molecule has 0 aliphatic carbocycles. The molecule has 24 heavy (non-hydrogen) atoms. The molecule has 0 bridgehead atoms. The predicted molar refractivity (Wildman–Crippen MR) is 92.5 cm³/mol. The quantitative estimate of drug-likeness (QED) is 0.904. The molecule has 0 spiro atoms. The second-order valence-electron chi connectivity index (χ2n) is 6.10. The highest BCUT2D eigenvalue weighted by Crippen LogP contribution is 2.21. The zero-order valence-electron chi connectivity index (χ0n) is 13.7. The average Bonchev–Trinajstić information content (AvgIpc) is 2.98. The largest absolute Gasteiger partial charge is 0.351 e. The third-order valence-corrected chi connectivity index (χ3v) is 4.57. The van der Waals surface area contributed by atoms with Gasteiger partial charge in [-0.3, -0.25) is 4.79 Å². The number of hydrogen-bond donors (Lipinski definition) is 2. The number of primary amides is 1. The smallest absolute Gasteiger partial charge is 0.314 e. The molecule has 0 saturated carbocycles. The van der Waals surface area contributed by atoms with Crippen LogP contribution in [-0.4, -0.2) is 40.5 Å². The van der Waals surface area contributed by atoms with E-state index in [4.69, 9.17) is 5.73 Å². The van der Waals surface area contributed by atoms with Crippen molar-refractivity contribution in [2.75, 3.05) is 13.1 Å². The summed E-state index contributed by atoms with van der Waals surface area (Å²) in [6.07, 6.45) is 1.45. The number of carbonyl (C=O) groups is 2. The van der Waals surface area contributed by atoms with E-state index in [-0.39, 0.29) is 11.9 Å². The van der Waals surface area contributed by atoms with E-state index in [0.717, 1.165) is 24.1 Å². The van der Waals surface area contributed by atoms with Crippen LogP contribution in [0.3, 0.4) is 0 Å². The van der Waals surface area contributed by atoms with E-state index in [2.05, 4.69) is 5.32 Å². The van der Waals surface area contributed by atoms with Crippen molar-refractivity contribution in [2.24, 2.45) is 12.8 Å². The van der Waals surface area contributed by atoms with Crippen LogP contribution in [0.5, 0.6) is 0 Å². The van der Waals surface area contributed by atoms with E-state index in [1.54, 1.807) is 4.90 Å². The molecule has 2 aromatic rings. The maximum atomic E-state index is 12.6. The molecule has 1 saturated heterocycles. The van der Waals surface area contributed by atoms with Gasteiger partial charge in [-0.2, -0.15) is 0 Å². The zero-order chi connectivity index (χ0) is 17.1. The number of amides is 3. The molecule has 1 aromatic heterocycles. The van der Waals surface area contributed by atoms with Crippen LogP contribution in [-0.2, 0) is 7.05 Å². The van der Waals surface area contributed by atoms with Crippen molar-refractivity contribution in [3.63, 3.8) is 0 Å². The Balaban J connectivity index is 1.66. The Labute approximate surface area is 141 Å². The lowest BCUT2D eigenvalue weighted by Gasteiger charge is -2.31. The van der Waals surface area contributed by atoms with Crippen molar-refractivity contribution >= 4 is 11.9 Å². The number of hydrogen-bond acceptors (Lipinski definition) is 2. The van der Waals surface area contributed by atoms with Gasteiger partial charge in [-0.1, -0.05) is 30.3 Å². The van der Waals surface area contributed by atoms with Crippen LogP contribution < -0.4 is 11.1 Å². The van der Waals surface area contributed by atoms with Crippen LogP contribution in [0.25, 0.3) is 11.3 Å². The lowest BCUT2D eigenvalue weighted by atomic mass is 10.1. The Bertz CT molecular complexity index is 731. The summed E-state index contributed by atoms with van der Waals surface area (Å²) in [6, 6.07) is 13.5. The van der Waals surface area contributed by atoms with Crippen LogP contribution in [0.1, 0.15) is 23.3 Å². The number of nitrogens with two attached hydrogens (primary N) is 1. The monoisotopic (exact) mass is 326 g/mol. The van der Waals surface area contributed by atoms with Crippen molar-refractivity contribution in [2.45, 2.75) is 18.9 Å². The summed E-state index contributed by atoms with van der Waals surface area (Å²) >= 11 is 0. The van der Waals surface area contributed by atoms with Crippen molar-refractivity contribution in [1.82, 2.24) is 14.8 Å². The number of nitrogens with one attached hydrogen (secondary N) is 1. The molecule has 2 heterocycles. The first kappa shape index (κ1) is 16.1. The Morgan fingerprint density at radius 3 is 2.38 bits per heavy atom. The molecule has 1 aromatic carbocycles. The van der Waals surface area contributed by atoms with Crippen LogP contribution in [0.2, 0.25) is 0 Å². The third kappa shape index (κ3) is 3.27. The second kappa shape index (κ2) is 6.78. The molecular formula is C18H22N4O2. The molecule has 126 valence electrons. The molecule has 0 radical (unpaired) electrons. The number of carbonyl (C=O) groups excluding carboxylic acids is 2.